The van der Waals surface area contributed by atoms with Crippen molar-refractivity contribution in [2.24, 2.45) is 0 Å². The van der Waals surface area contributed by atoms with Crippen LogP contribution < -0.4 is 15.5 Å². The Labute approximate surface area is 130 Å². The van der Waals surface area contributed by atoms with Crippen LogP contribution >= 0.6 is 0 Å². The lowest BCUT2D eigenvalue weighted by molar-refractivity contribution is 0.235. The van der Waals surface area contributed by atoms with Crippen molar-refractivity contribution in [1.29, 1.82) is 0 Å². The van der Waals surface area contributed by atoms with Crippen molar-refractivity contribution >= 4 is 11.8 Å². The molecule has 2 heterocycles. The molecule has 118 valence electrons. The molecule has 2 aromatic heterocycles. The largest absolute Gasteiger partial charge is 0.464 e. The highest BCUT2D eigenvalue weighted by atomic mass is 16.3. The van der Waals surface area contributed by atoms with Crippen LogP contribution in [0.3, 0.4) is 0 Å². The molecule has 6 heteroatoms. The van der Waals surface area contributed by atoms with E-state index < -0.39 is 0 Å². The average Bonchev–Trinajstić information content (AvgIpc) is 2.92. The van der Waals surface area contributed by atoms with Gasteiger partial charge in [-0.15, -0.1) is 0 Å². The van der Waals surface area contributed by atoms with Gasteiger partial charge in [0.25, 0.3) is 0 Å². The van der Waals surface area contributed by atoms with E-state index in [1.807, 2.05) is 57.1 Å². The van der Waals surface area contributed by atoms with Crippen molar-refractivity contribution in [2.75, 3.05) is 19.0 Å². The van der Waals surface area contributed by atoms with Crippen LogP contribution in [0.25, 0.3) is 0 Å². The van der Waals surface area contributed by atoms with Gasteiger partial charge >= 0.3 is 6.03 Å². The molecule has 0 saturated heterocycles. The molecule has 0 unspecified atom stereocenters. The quantitative estimate of drug-likeness (QED) is 0.890. The Morgan fingerprint density at radius 1 is 1.36 bits per heavy atom. The maximum Gasteiger partial charge on any atom is 0.315 e. The van der Waals surface area contributed by atoms with Gasteiger partial charge in [0.05, 0.1) is 6.04 Å². The summed E-state index contributed by atoms with van der Waals surface area (Å²) in [6.45, 7) is 4.20. The highest BCUT2D eigenvalue weighted by Gasteiger charge is 2.12. The van der Waals surface area contributed by atoms with Gasteiger partial charge in [-0.25, -0.2) is 9.78 Å². The number of hydrogen-bond acceptors (Lipinski definition) is 4. The maximum absolute atomic E-state index is 11.9. The second-order valence-electron chi connectivity index (χ2n) is 5.41. The Balaban J connectivity index is 1.86. The maximum atomic E-state index is 11.9. The summed E-state index contributed by atoms with van der Waals surface area (Å²) < 4.78 is 5.49. The minimum absolute atomic E-state index is 0.177. The van der Waals surface area contributed by atoms with E-state index in [-0.39, 0.29) is 12.1 Å². The van der Waals surface area contributed by atoms with E-state index in [1.165, 1.54) is 0 Å². The number of nitrogens with zero attached hydrogens (tertiary/aromatic N) is 2. The molecule has 0 aromatic carbocycles. The highest BCUT2D eigenvalue weighted by molar-refractivity contribution is 5.74. The molecular weight excluding hydrogens is 280 g/mol. The van der Waals surface area contributed by atoms with Gasteiger partial charge in [-0.3, -0.25) is 0 Å². The summed E-state index contributed by atoms with van der Waals surface area (Å²) in [6.07, 6.45) is 1.73. The van der Waals surface area contributed by atoms with Gasteiger partial charge in [-0.05, 0) is 43.7 Å². The first-order valence-corrected chi connectivity index (χ1v) is 7.18. The standard InChI is InChI=1S/C16H22N4O2/c1-11-5-6-14(22-11)12(2)19-16(21)18-10-13-7-8-17-15(9-13)20(3)4/h5-9,12H,10H2,1-4H3,(H2,18,19,21)/t12-/m0/s1. The topological polar surface area (TPSA) is 70.4 Å². The minimum Gasteiger partial charge on any atom is -0.464 e. The second kappa shape index (κ2) is 6.98. The Bertz CT molecular complexity index is 637. The summed E-state index contributed by atoms with van der Waals surface area (Å²) in [6, 6.07) is 7.16. The number of urea groups is 1. The molecule has 2 aromatic rings. The first-order valence-electron chi connectivity index (χ1n) is 7.18. The second-order valence-corrected chi connectivity index (χ2v) is 5.41. The van der Waals surface area contributed by atoms with Crippen molar-refractivity contribution in [2.45, 2.75) is 26.4 Å². The predicted molar refractivity (Wildman–Crippen MR) is 85.8 cm³/mol. The van der Waals surface area contributed by atoms with Crippen LogP contribution in [0.15, 0.2) is 34.9 Å². The van der Waals surface area contributed by atoms with Crippen molar-refractivity contribution in [3.05, 3.63) is 47.5 Å². The van der Waals surface area contributed by atoms with E-state index in [0.717, 1.165) is 22.9 Å². The van der Waals surface area contributed by atoms with Gasteiger partial charge in [0.1, 0.15) is 17.3 Å². The first kappa shape index (κ1) is 15.9. The Morgan fingerprint density at radius 2 is 2.14 bits per heavy atom. The van der Waals surface area contributed by atoms with Crippen LogP contribution in [0.4, 0.5) is 10.6 Å². The van der Waals surface area contributed by atoms with E-state index in [0.29, 0.717) is 6.54 Å². The molecule has 0 aliphatic rings. The zero-order valence-corrected chi connectivity index (χ0v) is 13.4. The predicted octanol–water partition coefficient (Wildman–Crippen LogP) is 2.61. The number of nitrogens with one attached hydrogen (secondary N) is 2. The summed E-state index contributed by atoms with van der Waals surface area (Å²) in [4.78, 5) is 18.1. The number of anilines is 1. The first-order chi connectivity index (χ1) is 10.5. The van der Waals surface area contributed by atoms with E-state index in [2.05, 4.69) is 15.6 Å². The van der Waals surface area contributed by atoms with Crippen LogP contribution in [0, 0.1) is 6.92 Å². The fourth-order valence-corrected chi connectivity index (χ4v) is 2.00. The molecule has 2 amide bonds. The van der Waals surface area contributed by atoms with Gasteiger partial charge < -0.3 is 20.0 Å². The van der Waals surface area contributed by atoms with Crippen LogP contribution in [0.2, 0.25) is 0 Å². The Hall–Kier alpha value is -2.50. The van der Waals surface area contributed by atoms with E-state index >= 15 is 0 Å². The number of carbonyl (C=O) groups excluding carboxylic acids is 1. The van der Waals surface area contributed by atoms with Crippen molar-refractivity contribution in [3.8, 4) is 0 Å². The molecule has 2 N–H and O–H groups in total. The molecule has 0 saturated carbocycles. The normalized spacial score (nSPS) is 11.8. The SMILES string of the molecule is Cc1ccc([C@H](C)NC(=O)NCc2ccnc(N(C)C)c2)o1. The number of aryl methyl sites for hydroxylation is 1. The summed E-state index contributed by atoms with van der Waals surface area (Å²) in [5.74, 6) is 2.43. The number of furan rings is 1. The third-order valence-corrected chi connectivity index (χ3v) is 3.26. The van der Waals surface area contributed by atoms with Crippen molar-refractivity contribution < 1.29 is 9.21 Å². The lowest BCUT2D eigenvalue weighted by Gasteiger charge is -2.14. The highest BCUT2D eigenvalue weighted by Crippen LogP contribution is 2.15. The van der Waals surface area contributed by atoms with Crippen LogP contribution in [0.1, 0.15) is 30.0 Å². The molecule has 6 nitrogen and oxygen atoms in total. The molecule has 22 heavy (non-hydrogen) atoms. The number of pyridine rings is 1. The number of rotatable bonds is 5. The number of amides is 2. The van der Waals surface area contributed by atoms with Crippen LogP contribution in [-0.2, 0) is 6.54 Å². The molecule has 0 spiro atoms. The molecule has 0 aliphatic heterocycles. The number of hydrogen-bond donors (Lipinski definition) is 2. The fourth-order valence-electron chi connectivity index (χ4n) is 2.00. The summed E-state index contributed by atoms with van der Waals surface area (Å²) in [7, 11) is 3.86. The van der Waals surface area contributed by atoms with Gasteiger partial charge in [0.15, 0.2) is 0 Å². The van der Waals surface area contributed by atoms with Gasteiger partial charge in [-0.1, -0.05) is 0 Å². The van der Waals surface area contributed by atoms with Gasteiger partial charge in [0, 0.05) is 26.8 Å². The van der Waals surface area contributed by atoms with Crippen LogP contribution in [0.5, 0.6) is 0 Å². The zero-order chi connectivity index (χ0) is 16.1. The Kier molecular flexibility index (Phi) is 5.04. The lowest BCUT2D eigenvalue weighted by Crippen LogP contribution is -2.36. The summed E-state index contributed by atoms with van der Waals surface area (Å²) in [5.41, 5.74) is 0.996. The van der Waals surface area contributed by atoms with Gasteiger partial charge in [-0.2, -0.15) is 0 Å². The smallest absolute Gasteiger partial charge is 0.315 e. The van der Waals surface area contributed by atoms with E-state index in [4.69, 9.17) is 4.42 Å². The number of aromatic nitrogens is 1. The molecule has 0 fully saturated rings. The molecule has 0 bridgehead atoms. The minimum atomic E-state index is -0.232. The zero-order valence-electron chi connectivity index (χ0n) is 13.4. The molecule has 2 rings (SSSR count). The molecular formula is C16H22N4O2. The van der Waals surface area contributed by atoms with Crippen molar-refractivity contribution in [3.63, 3.8) is 0 Å². The van der Waals surface area contributed by atoms with Crippen molar-refractivity contribution in [1.82, 2.24) is 15.6 Å². The molecule has 0 aliphatic carbocycles. The van der Waals surface area contributed by atoms with Crippen LogP contribution in [-0.4, -0.2) is 25.1 Å². The third-order valence-electron chi connectivity index (χ3n) is 3.26. The fraction of sp³-hybridized carbons (Fsp3) is 0.375. The summed E-state index contributed by atoms with van der Waals surface area (Å²) in [5, 5.41) is 5.68. The van der Waals surface area contributed by atoms with Gasteiger partial charge in [0.2, 0.25) is 0 Å². The Morgan fingerprint density at radius 3 is 2.77 bits per heavy atom. The summed E-state index contributed by atoms with van der Waals surface area (Å²) >= 11 is 0. The number of carbonyl (C=O) groups is 1. The molecule has 0 radical (unpaired) electrons. The van der Waals surface area contributed by atoms with E-state index in [1.54, 1.807) is 6.20 Å². The lowest BCUT2D eigenvalue weighted by atomic mass is 10.2. The monoisotopic (exact) mass is 302 g/mol. The third kappa shape index (κ3) is 4.25. The van der Waals surface area contributed by atoms with E-state index in [9.17, 15) is 4.79 Å². The average molecular weight is 302 g/mol. The molecule has 1 atom stereocenters.